The third-order valence-electron chi connectivity index (χ3n) is 6.48. The molecule has 0 bridgehead atoms. The van der Waals surface area contributed by atoms with Gasteiger partial charge >= 0.3 is 6.18 Å². The number of oxime groups is 1. The fourth-order valence-corrected chi connectivity index (χ4v) is 4.36. The zero-order valence-corrected chi connectivity index (χ0v) is 19.5. The van der Waals surface area contributed by atoms with Gasteiger partial charge in [-0.15, -0.1) is 0 Å². The quantitative estimate of drug-likeness (QED) is 0.515. The Morgan fingerprint density at radius 1 is 1.06 bits per heavy atom. The van der Waals surface area contributed by atoms with E-state index in [9.17, 15) is 18.0 Å². The van der Waals surface area contributed by atoms with E-state index in [2.05, 4.69) is 20.2 Å². The van der Waals surface area contributed by atoms with Crippen LogP contribution in [0.15, 0.2) is 64.3 Å². The van der Waals surface area contributed by atoms with Crippen molar-refractivity contribution in [1.29, 1.82) is 0 Å². The van der Waals surface area contributed by atoms with E-state index in [1.54, 1.807) is 4.90 Å². The van der Waals surface area contributed by atoms with Gasteiger partial charge in [0.1, 0.15) is 5.71 Å². The second-order valence-electron chi connectivity index (χ2n) is 8.79. The molecule has 0 N–H and O–H groups in total. The number of hydrogen-bond acceptors (Lipinski definition) is 7. The van der Waals surface area contributed by atoms with E-state index in [1.807, 2.05) is 37.3 Å². The van der Waals surface area contributed by atoms with Crippen molar-refractivity contribution < 1.29 is 27.3 Å². The van der Waals surface area contributed by atoms with Crippen LogP contribution in [0.1, 0.15) is 42.5 Å². The molecule has 0 radical (unpaired) electrons. The van der Waals surface area contributed by atoms with E-state index in [-0.39, 0.29) is 29.4 Å². The minimum atomic E-state index is -4.45. The molecular formula is C25H24F3N5O3. The Morgan fingerprint density at radius 2 is 1.81 bits per heavy atom. The molecular weight excluding hydrogens is 475 g/mol. The molecule has 0 aliphatic carbocycles. The van der Waals surface area contributed by atoms with Crippen LogP contribution in [0.5, 0.6) is 0 Å². The molecule has 1 aromatic heterocycles. The van der Waals surface area contributed by atoms with Gasteiger partial charge in [0.2, 0.25) is 11.7 Å². The molecule has 0 saturated carbocycles. The SMILES string of the molecule is CC(c1nc(-c2cccc(C(F)(F)F)c2)no1)N1CCN(C(=O)C2=NOC(c3ccccc3)C2)CC1. The summed E-state index contributed by atoms with van der Waals surface area (Å²) in [7, 11) is 0. The van der Waals surface area contributed by atoms with Gasteiger partial charge in [0.15, 0.2) is 6.10 Å². The lowest BCUT2D eigenvalue weighted by Gasteiger charge is -2.36. The van der Waals surface area contributed by atoms with Crippen LogP contribution >= 0.6 is 0 Å². The van der Waals surface area contributed by atoms with Gasteiger partial charge in [0, 0.05) is 38.2 Å². The van der Waals surface area contributed by atoms with E-state index in [0.717, 1.165) is 17.7 Å². The summed E-state index contributed by atoms with van der Waals surface area (Å²) in [5.74, 6) is 0.274. The second kappa shape index (κ2) is 9.73. The summed E-state index contributed by atoms with van der Waals surface area (Å²) in [6.45, 7) is 4.02. The van der Waals surface area contributed by atoms with Crippen LogP contribution in [0.25, 0.3) is 11.4 Å². The maximum absolute atomic E-state index is 13.0. The molecule has 1 fully saturated rings. The maximum atomic E-state index is 13.0. The summed E-state index contributed by atoms with van der Waals surface area (Å²) < 4.78 is 44.5. The number of nitrogens with zero attached hydrogens (tertiary/aromatic N) is 5. The summed E-state index contributed by atoms with van der Waals surface area (Å²) >= 11 is 0. The lowest BCUT2D eigenvalue weighted by molar-refractivity contribution is -0.137. The Hall–Kier alpha value is -3.73. The predicted octanol–water partition coefficient (Wildman–Crippen LogP) is 4.48. The number of halogens is 3. The number of carbonyl (C=O) groups excluding carboxylic acids is 1. The minimum Gasteiger partial charge on any atom is -0.387 e. The Bertz CT molecular complexity index is 1250. The minimum absolute atomic E-state index is 0.101. The first-order valence-electron chi connectivity index (χ1n) is 11.6. The van der Waals surface area contributed by atoms with Crippen LogP contribution in [0.4, 0.5) is 13.2 Å². The number of hydrogen-bond donors (Lipinski definition) is 0. The van der Waals surface area contributed by atoms with E-state index in [4.69, 9.17) is 9.36 Å². The van der Waals surface area contributed by atoms with Crippen LogP contribution < -0.4 is 0 Å². The highest BCUT2D eigenvalue weighted by molar-refractivity contribution is 6.39. The molecule has 2 unspecified atom stereocenters. The topological polar surface area (TPSA) is 84.1 Å². The van der Waals surface area contributed by atoms with Crippen LogP contribution in [0.3, 0.4) is 0 Å². The zero-order chi connectivity index (χ0) is 25.3. The van der Waals surface area contributed by atoms with E-state index in [0.29, 0.717) is 44.2 Å². The molecule has 36 heavy (non-hydrogen) atoms. The smallest absolute Gasteiger partial charge is 0.387 e. The highest BCUT2D eigenvalue weighted by Gasteiger charge is 2.34. The van der Waals surface area contributed by atoms with E-state index < -0.39 is 11.7 Å². The van der Waals surface area contributed by atoms with Crippen LogP contribution in [-0.2, 0) is 15.8 Å². The molecule has 2 atom stereocenters. The van der Waals surface area contributed by atoms with Crippen LogP contribution in [-0.4, -0.2) is 57.7 Å². The first-order chi connectivity index (χ1) is 17.3. The molecule has 8 nitrogen and oxygen atoms in total. The second-order valence-corrected chi connectivity index (χ2v) is 8.79. The Balaban J connectivity index is 1.17. The number of benzene rings is 2. The standard InChI is InChI=1S/C25H24F3N5O3/c1-16(23-29-22(31-36-23)18-8-5-9-19(14-18)25(26,27)28)32-10-12-33(13-11-32)24(34)20-15-21(35-30-20)17-6-3-2-4-7-17/h2-9,14,16,21H,10-13,15H2,1H3. The van der Waals surface area contributed by atoms with Crippen molar-refractivity contribution >= 4 is 11.6 Å². The van der Waals surface area contributed by atoms with E-state index in [1.165, 1.54) is 12.1 Å². The van der Waals surface area contributed by atoms with Gasteiger partial charge in [-0.1, -0.05) is 52.8 Å². The molecule has 1 amide bonds. The number of rotatable bonds is 5. The van der Waals surface area contributed by atoms with Crippen molar-refractivity contribution in [2.24, 2.45) is 5.16 Å². The molecule has 3 heterocycles. The maximum Gasteiger partial charge on any atom is 0.416 e. The monoisotopic (exact) mass is 499 g/mol. The summed E-state index contributed by atoms with van der Waals surface area (Å²) in [4.78, 5) is 26.6. The van der Waals surface area contributed by atoms with E-state index >= 15 is 0 Å². The molecule has 1 saturated heterocycles. The van der Waals surface area contributed by atoms with Crippen molar-refractivity contribution in [1.82, 2.24) is 19.9 Å². The lowest BCUT2D eigenvalue weighted by atomic mass is 10.0. The number of aromatic nitrogens is 2. The summed E-state index contributed by atoms with van der Waals surface area (Å²) in [6, 6.07) is 14.2. The number of amides is 1. The first-order valence-corrected chi connectivity index (χ1v) is 11.6. The molecule has 11 heteroatoms. The average Bonchev–Trinajstić information content (AvgIpc) is 3.59. The first kappa shape index (κ1) is 24.0. The lowest BCUT2D eigenvalue weighted by Crippen LogP contribution is -2.50. The van der Waals surface area contributed by atoms with Crippen molar-refractivity contribution in [3.63, 3.8) is 0 Å². The van der Waals surface area contributed by atoms with Gasteiger partial charge in [0.25, 0.3) is 5.91 Å². The zero-order valence-electron chi connectivity index (χ0n) is 19.5. The van der Waals surface area contributed by atoms with Crippen molar-refractivity contribution in [2.75, 3.05) is 26.2 Å². The molecule has 3 aromatic rings. The predicted molar refractivity (Wildman–Crippen MR) is 124 cm³/mol. The number of alkyl halides is 3. The fourth-order valence-electron chi connectivity index (χ4n) is 4.36. The molecule has 0 spiro atoms. The molecule has 2 aliphatic heterocycles. The molecule has 2 aromatic carbocycles. The van der Waals surface area contributed by atoms with Crippen molar-refractivity contribution in [3.8, 4) is 11.4 Å². The molecule has 188 valence electrons. The third kappa shape index (κ3) is 4.97. The Kier molecular flexibility index (Phi) is 6.48. The normalized spacial score (nSPS) is 19.6. The largest absolute Gasteiger partial charge is 0.416 e. The number of piperazine rings is 1. The van der Waals surface area contributed by atoms with Gasteiger partial charge in [-0.3, -0.25) is 9.69 Å². The van der Waals surface area contributed by atoms with Crippen LogP contribution in [0.2, 0.25) is 0 Å². The van der Waals surface area contributed by atoms with Crippen molar-refractivity contribution in [2.45, 2.75) is 31.7 Å². The molecule has 2 aliphatic rings. The fraction of sp³-hybridized carbons (Fsp3) is 0.360. The Labute approximate surface area is 205 Å². The Morgan fingerprint density at radius 3 is 2.53 bits per heavy atom. The summed E-state index contributed by atoms with van der Waals surface area (Å²) in [5, 5.41) is 7.91. The number of carbonyl (C=O) groups is 1. The van der Waals surface area contributed by atoms with Gasteiger partial charge < -0.3 is 14.3 Å². The highest BCUT2D eigenvalue weighted by atomic mass is 19.4. The van der Waals surface area contributed by atoms with Crippen molar-refractivity contribution in [3.05, 3.63) is 71.6 Å². The van der Waals surface area contributed by atoms with Gasteiger partial charge in [-0.2, -0.15) is 18.2 Å². The highest BCUT2D eigenvalue weighted by Crippen LogP contribution is 2.32. The van der Waals surface area contributed by atoms with Crippen LogP contribution in [0, 0.1) is 0 Å². The average molecular weight is 499 g/mol. The van der Waals surface area contributed by atoms with Gasteiger partial charge in [-0.05, 0) is 24.6 Å². The van der Waals surface area contributed by atoms with Gasteiger partial charge in [-0.25, -0.2) is 0 Å². The summed E-state index contributed by atoms with van der Waals surface area (Å²) in [6.07, 6.45) is -4.28. The molecule has 5 rings (SSSR count). The third-order valence-corrected chi connectivity index (χ3v) is 6.48. The van der Waals surface area contributed by atoms with Gasteiger partial charge in [0.05, 0.1) is 11.6 Å². The summed E-state index contributed by atoms with van der Waals surface area (Å²) in [5.41, 5.74) is 0.850.